The average molecular weight is 479 g/mol. The number of methoxy groups -OCH3 is 1. The number of hydrogen-bond donors (Lipinski definition) is 1. The fourth-order valence-electron chi connectivity index (χ4n) is 4.07. The molecule has 0 amide bonds. The smallest absolute Gasteiger partial charge is 0.262 e. The van der Waals surface area contributed by atoms with Gasteiger partial charge in [-0.3, -0.25) is 4.72 Å². The van der Waals surface area contributed by atoms with Crippen molar-refractivity contribution in [2.75, 3.05) is 56.2 Å². The number of morpholine rings is 1. The van der Waals surface area contributed by atoms with E-state index in [-0.39, 0.29) is 4.90 Å². The molecule has 1 N–H and O–H groups in total. The average Bonchev–Trinajstić information content (AvgIpc) is 2.78. The molecule has 1 saturated heterocycles. The van der Waals surface area contributed by atoms with Crippen LogP contribution in [0.1, 0.15) is 30.5 Å². The van der Waals surface area contributed by atoms with Crippen LogP contribution in [0.4, 0.5) is 11.4 Å². The first kappa shape index (κ1) is 25.0. The summed E-state index contributed by atoms with van der Waals surface area (Å²) in [5.41, 5.74) is 3.23. The number of nitrogens with one attached hydrogen (secondary N) is 1. The molecule has 182 valence electrons. The topological polar surface area (TPSA) is 86.3 Å². The Hall–Kier alpha value is -2.65. The zero-order valence-corrected chi connectivity index (χ0v) is 21.1. The number of benzene rings is 2. The van der Waals surface area contributed by atoms with Crippen LogP contribution in [0.5, 0.6) is 17.2 Å². The second-order valence-electron chi connectivity index (χ2n) is 7.86. The van der Waals surface area contributed by atoms with E-state index in [0.29, 0.717) is 60.5 Å². The fourth-order valence-corrected chi connectivity index (χ4v) is 5.66. The lowest BCUT2D eigenvalue weighted by Crippen LogP contribution is -2.36. The van der Waals surface area contributed by atoms with Crippen molar-refractivity contribution in [2.45, 2.75) is 39.5 Å². The van der Waals surface area contributed by atoms with Gasteiger partial charge in [0, 0.05) is 25.2 Å². The normalized spacial score (nSPS) is 14.2. The summed E-state index contributed by atoms with van der Waals surface area (Å²) in [5.74, 6) is 1.71. The van der Waals surface area contributed by atoms with Crippen molar-refractivity contribution in [2.24, 2.45) is 0 Å². The molecule has 0 saturated carbocycles. The Morgan fingerprint density at radius 1 is 0.939 bits per heavy atom. The molecule has 1 fully saturated rings. The first-order chi connectivity index (χ1) is 15.7. The van der Waals surface area contributed by atoms with Gasteiger partial charge in [-0.05, 0) is 57.4 Å². The van der Waals surface area contributed by atoms with Crippen LogP contribution in [0, 0.1) is 20.8 Å². The summed E-state index contributed by atoms with van der Waals surface area (Å²) in [6.45, 7) is 12.7. The highest BCUT2D eigenvalue weighted by Gasteiger charge is 2.26. The molecule has 3 rings (SSSR count). The fraction of sp³-hybridized carbons (Fsp3) is 0.500. The SMILES string of the molecule is CCOc1cc(N2CCOCC2)c(OCC)cc1NS(=O)(=O)c1c(C)cc(OC)c(C)c1C. The number of rotatable bonds is 9. The summed E-state index contributed by atoms with van der Waals surface area (Å²) in [7, 11) is -2.33. The van der Waals surface area contributed by atoms with Gasteiger partial charge in [-0.25, -0.2) is 8.42 Å². The van der Waals surface area contributed by atoms with Crippen LogP contribution < -0.4 is 23.8 Å². The van der Waals surface area contributed by atoms with E-state index in [1.54, 1.807) is 33.1 Å². The zero-order chi connectivity index (χ0) is 24.2. The zero-order valence-electron chi connectivity index (χ0n) is 20.3. The van der Waals surface area contributed by atoms with Gasteiger partial charge in [-0.15, -0.1) is 0 Å². The van der Waals surface area contributed by atoms with Crippen molar-refractivity contribution in [3.63, 3.8) is 0 Å². The van der Waals surface area contributed by atoms with Gasteiger partial charge < -0.3 is 23.8 Å². The van der Waals surface area contributed by atoms with Crippen molar-refractivity contribution < 1.29 is 27.4 Å². The molecule has 1 heterocycles. The van der Waals surface area contributed by atoms with E-state index in [1.807, 2.05) is 26.8 Å². The van der Waals surface area contributed by atoms with E-state index < -0.39 is 10.0 Å². The maximum Gasteiger partial charge on any atom is 0.262 e. The molecule has 1 aliphatic rings. The van der Waals surface area contributed by atoms with E-state index in [9.17, 15) is 8.42 Å². The van der Waals surface area contributed by atoms with Crippen LogP contribution in [-0.2, 0) is 14.8 Å². The molecule has 2 aromatic carbocycles. The lowest BCUT2D eigenvalue weighted by atomic mass is 10.1. The summed E-state index contributed by atoms with van der Waals surface area (Å²) >= 11 is 0. The lowest BCUT2D eigenvalue weighted by molar-refractivity contribution is 0.122. The molecule has 8 nitrogen and oxygen atoms in total. The van der Waals surface area contributed by atoms with Gasteiger partial charge in [-0.2, -0.15) is 0 Å². The van der Waals surface area contributed by atoms with Gasteiger partial charge in [0.05, 0.1) is 49.8 Å². The monoisotopic (exact) mass is 478 g/mol. The lowest BCUT2D eigenvalue weighted by Gasteiger charge is -2.31. The minimum Gasteiger partial charge on any atom is -0.496 e. The standard InChI is InChI=1S/C24H34N2O6S/c1-7-31-22-15-20(26-9-11-30-12-10-26)23(32-8-2)14-19(22)25-33(27,28)24-16(3)13-21(29-6)17(4)18(24)5/h13-15,25H,7-12H2,1-6H3. The van der Waals surface area contributed by atoms with Gasteiger partial charge >= 0.3 is 0 Å². The first-order valence-corrected chi connectivity index (χ1v) is 12.7. The van der Waals surface area contributed by atoms with E-state index in [2.05, 4.69) is 9.62 Å². The van der Waals surface area contributed by atoms with E-state index in [4.69, 9.17) is 18.9 Å². The van der Waals surface area contributed by atoms with Crippen molar-refractivity contribution in [3.05, 3.63) is 34.9 Å². The van der Waals surface area contributed by atoms with Gasteiger partial charge in [-0.1, -0.05) is 0 Å². The van der Waals surface area contributed by atoms with Gasteiger partial charge in [0.15, 0.2) is 0 Å². The molecule has 0 bridgehead atoms. The van der Waals surface area contributed by atoms with Crippen molar-refractivity contribution in [1.29, 1.82) is 0 Å². The first-order valence-electron chi connectivity index (χ1n) is 11.2. The van der Waals surface area contributed by atoms with Crippen LogP contribution in [0.2, 0.25) is 0 Å². The predicted octanol–water partition coefficient (Wildman–Crippen LogP) is 4.06. The van der Waals surface area contributed by atoms with Gasteiger partial charge in [0.2, 0.25) is 0 Å². The molecule has 0 unspecified atom stereocenters. The summed E-state index contributed by atoms with van der Waals surface area (Å²) in [6, 6.07) is 5.29. The van der Waals surface area contributed by atoms with Gasteiger partial charge in [0.25, 0.3) is 10.0 Å². The predicted molar refractivity (Wildman–Crippen MR) is 130 cm³/mol. The Kier molecular flexibility index (Phi) is 7.97. The number of nitrogens with zero attached hydrogens (tertiary/aromatic N) is 1. The van der Waals surface area contributed by atoms with E-state index in [1.165, 1.54) is 0 Å². The highest BCUT2D eigenvalue weighted by atomic mass is 32.2. The Morgan fingerprint density at radius 2 is 1.58 bits per heavy atom. The molecule has 0 radical (unpaired) electrons. The molecule has 0 atom stereocenters. The van der Waals surface area contributed by atoms with Crippen LogP contribution in [-0.4, -0.2) is 55.0 Å². The second-order valence-corrected chi connectivity index (χ2v) is 9.48. The summed E-state index contributed by atoms with van der Waals surface area (Å²) in [5, 5.41) is 0. The molecule has 2 aromatic rings. The molecule has 1 aliphatic heterocycles. The minimum absolute atomic E-state index is 0.235. The molecule has 0 spiro atoms. The highest BCUT2D eigenvalue weighted by Crippen LogP contribution is 2.41. The Balaban J connectivity index is 2.08. The third-order valence-electron chi connectivity index (χ3n) is 5.72. The maximum atomic E-state index is 13.5. The molecule has 9 heteroatoms. The molecule has 33 heavy (non-hydrogen) atoms. The second kappa shape index (κ2) is 10.5. The number of hydrogen-bond acceptors (Lipinski definition) is 7. The Bertz CT molecular complexity index is 1090. The third-order valence-corrected chi connectivity index (χ3v) is 7.38. The number of anilines is 2. The van der Waals surface area contributed by atoms with Crippen molar-refractivity contribution >= 4 is 21.4 Å². The van der Waals surface area contributed by atoms with Crippen LogP contribution in [0.15, 0.2) is 23.1 Å². The summed E-state index contributed by atoms with van der Waals surface area (Å²) in [4.78, 5) is 2.40. The van der Waals surface area contributed by atoms with Crippen LogP contribution in [0.3, 0.4) is 0 Å². The Morgan fingerprint density at radius 3 is 2.18 bits per heavy atom. The number of aryl methyl sites for hydroxylation is 1. The summed E-state index contributed by atoms with van der Waals surface area (Å²) in [6.07, 6.45) is 0. The minimum atomic E-state index is -3.91. The Labute approximate surface area is 196 Å². The van der Waals surface area contributed by atoms with Crippen LogP contribution in [0.25, 0.3) is 0 Å². The highest BCUT2D eigenvalue weighted by molar-refractivity contribution is 7.92. The quantitative estimate of drug-likeness (QED) is 0.582. The number of ether oxygens (including phenoxy) is 4. The van der Waals surface area contributed by atoms with Crippen molar-refractivity contribution in [3.8, 4) is 17.2 Å². The van der Waals surface area contributed by atoms with E-state index in [0.717, 1.165) is 24.3 Å². The maximum absolute atomic E-state index is 13.5. The molecular weight excluding hydrogens is 444 g/mol. The van der Waals surface area contributed by atoms with E-state index >= 15 is 0 Å². The molecular formula is C24H34N2O6S. The molecule has 0 aromatic heterocycles. The van der Waals surface area contributed by atoms with Crippen LogP contribution >= 0.6 is 0 Å². The van der Waals surface area contributed by atoms with Gasteiger partial charge in [0.1, 0.15) is 17.2 Å². The van der Waals surface area contributed by atoms with Crippen molar-refractivity contribution in [1.82, 2.24) is 0 Å². The molecule has 0 aliphatic carbocycles. The number of sulfonamides is 1. The third kappa shape index (κ3) is 5.30. The largest absolute Gasteiger partial charge is 0.496 e. The summed E-state index contributed by atoms with van der Waals surface area (Å²) < 4.78 is 52.4.